The summed E-state index contributed by atoms with van der Waals surface area (Å²) in [5, 5.41) is 14.8. The lowest BCUT2D eigenvalue weighted by atomic mass is 10.2. The zero-order valence-electron chi connectivity index (χ0n) is 12.4. The monoisotopic (exact) mass is 316 g/mol. The first-order valence-corrected chi connectivity index (χ1v) is 7.84. The van der Waals surface area contributed by atoms with E-state index in [9.17, 15) is 4.79 Å². The summed E-state index contributed by atoms with van der Waals surface area (Å²) >= 11 is 1.66. The van der Waals surface area contributed by atoms with Gasteiger partial charge in [-0.05, 0) is 28.6 Å². The van der Waals surface area contributed by atoms with E-state index >= 15 is 0 Å². The number of nitrogens with one attached hydrogen (secondary N) is 1. The zero-order chi connectivity index (χ0) is 15.5. The first-order chi connectivity index (χ1) is 10.6. The number of hydrogen-bond donors (Lipinski definition) is 1. The molecule has 0 aliphatic rings. The molecule has 2 aromatic heterocycles. The van der Waals surface area contributed by atoms with E-state index in [2.05, 4.69) is 39.7 Å². The predicted molar refractivity (Wildman–Crippen MR) is 84.8 cm³/mol. The number of tetrazole rings is 1. The fraction of sp³-hybridized carbons (Fsp3) is 0.357. The molecule has 0 bridgehead atoms. The molecule has 1 aromatic carbocycles. The first kappa shape index (κ1) is 14.6. The van der Waals surface area contributed by atoms with Crippen LogP contribution >= 0.6 is 11.3 Å². The minimum absolute atomic E-state index is 0.0663. The molecule has 0 spiro atoms. The number of aryl methyl sites for hydroxylation is 1. The molecule has 0 atom stereocenters. The van der Waals surface area contributed by atoms with Crippen molar-refractivity contribution in [2.24, 2.45) is 0 Å². The number of amides is 1. The summed E-state index contributed by atoms with van der Waals surface area (Å²) < 4.78 is 2.61. The average molecular weight is 316 g/mol. The summed E-state index contributed by atoms with van der Waals surface area (Å²) in [5.74, 6) is 0.343. The molecular weight excluding hydrogens is 300 g/mol. The lowest BCUT2D eigenvalue weighted by Gasteiger charge is -2.04. The number of carbonyl (C=O) groups excluding carboxylic acids is 1. The van der Waals surface area contributed by atoms with E-state index in [1.165, 1.54) is 11.0 Å². The third-order valence-corrected chi connectivity index (χ3v) is 4.46. The van der Waals surface area contributed by atoms with E-state index in [4.69, 9.17) is 0 Å². The van der Waals surface area contributed by atoms with Gasteiger partial charge in [0.05, 0.1) is 21.8 Å². The highest BCUT2D eigenvalue weighted by Crippen LogP contribution is 2.29. The maximum absolute atomic E-state index is 12.0. The van der Waals surface area contributed by atoms with E-state index < -0.39 is 0 Å². The van der Waals surface area contributed by atoms with Crippen LogP contribution in [0.15, 0.2) is 24.5 Å². The normalized spacial score (nSPS) is 11.2. The van der Waals surface area contributed by atoms with Gasteiger partial charge in [-0.25, -0.2) is 9.67 Å². The lowest BCUT2D eigenvalue weighted by molar-refractivity contribution is -0.116. The number of benzene rings is 1. The van der Waals surface area contributed by atoms with Crippen molar-refractivity contribution in [2.45, 2.75) is 32.7 Å². The van der Waals surface area contributed by atoms with E-state index in [1.54, 1.807) is 11.3 Å². The van der Waals surface area contributed by atoms with Crippen LogP contribution in [0.1, 0.15) is 31.2 Å². The Morgan fingerprint density at radius 2 is 2.27 bits per heavy atom. The van der Waals surface area contributed by atoms with Crippen molar-refractivity contribution < 1.29 is 4.79 Å². The van der Waals surface area contributed by atoms with Crippen LogP contribution in [0.25, 0.3) is 10.2 Å². The minimum atomic E-state index is -0.0663. The molecule has 0 aliphatic heterocycles. The molecule has 7 nitrogen and oxygen atoms in total. The highest BCUT2D eigenvalue weighted by molar-refractivity contribution is 7.18. The van der Waals surface area contributed by atoms with Crippen LogP contribution in [0.3, 0.4) is 0 Å². The standard InChI is InChI=1S/C14H16N6OS/c1-9(2)14-17-11-4-3-10(7-12(11)22-14)16-13(21)5-6-20-8-15-18-19-20/h3-4,7-9H,5-6H2,1-2H3,(H,16,21). The molecule has 0 fully saturated rings. The lowest BCUT2D eigenvalue weighted by Crippen LogP contribution is -2.14. The molecule has 3 aromatic rings. The number of carbonyl (C=O) groups is 1. The first-order valence-electron chi connectivity index (χ1n) is 7.03. The Labute approximate surface area is 131 Å². The second kappa shape index (κ2) is 6.18. The smallest absolute Gasteiger partial charge is 0.226 e. The number of thiazole rings is 1. The summed E-state index contributed by atoms with van der Waals surface area (Å²) in [6, 6.07) is 5.78. The van der Waals surface area contributed by atoms with Crippen molar-refractivity contribution in [1.29, 1.82) is 0 Å². The van der Waals surface area contributed by atoms with Gasteiger partial charge in [-0.3, -0.25) is 4.79 Å². The number of hydrogen-bond acceptors (Lipinski definition) is 6. The maximum Gasteiger partial charge on any atom is 0.226 e. The second-order valence-corrected chi connectivity index (χ2v) is 6.32. The summed E-state index contributed by atoms with van der Waals surface area (Å²) in [5.41, 5.74) is 1.76. The van der Waals surface area contributed by atoms with E-state index in [1.807, 2.05) is 18.2 Å². The van der Waals surface area contributed by atoms with Gasteiger partial charge in [0.15, 0.2) is 0 Å². The summed E-state index contributed by atoms with van der Waals surface area (Å²) in [7, 11) is 0. The van der Waals surface area contributed by atoms with E-state index in [-0.39, 0.29) is 5.91 Å². The quantitative estimate of drug-likeness (QED) is 0.781. The molecular formula is C14H16N6OS. The van der Waals surface area contributed by atoms with Gasteiger partial charge in [-0.15, -0.1) is 16.4 Å². The van der Waals surface area contributed by atoms with Crippen molar-refractivity contribution in [3.63, 3.8) is 0 Å². The Morgan fingerprint density at radius 1 is 1.41 bits per heavy atom. The second-order valence-electron chi connectivity index (χ2n) is 5.26. The van der Waals surface area contributed by atoms with Gasteiger partial charge >= 0.3 is 0 Å². The number of aromatic nitrogens is 5. The molecule has 114 valence electrons. The molecule has 8 heteroatoms. The third kappa shape index (κ3) is 3.28. The number of rotatable bonds is 5. The van der Waals surface area contributed by atoms with Crippen LogP contribution in [-0.4, -0.2) is 31.1 Å². The predicted octanol–water partition coefficient (Wildman–Crippen LogP) is 2.44. The van der Waals surface area contributed by atoms with Gasteiger partial charge in [-0.1, -0.05) is 13.8 Å². The summed E-state index contributed by atoms with van der Waals surface area (Å²) in [6.45, 7) is 4.71. The van der Waals surface area contributed by atoms with Crippen molar-refractivity contribution in [1.82, 2.24) is 25.2 Å². The van der Waals surface area contributed by atoms with Gasteiger partial charge in [0, 0.05) is 18.0 Å². The Morgan fingerprint density at radius 3 is 3.00 bits per heavy atom. The van der Waals surface area contributed by atoms with Crippen molar-refractivity contribution in [3.8, 4) is 0 Å². The Kier molecular flexibility index (Phi) is 4.10. The molecule has 0 unspecified atom stereocenters. The Hall–Kier alpha value is -2.35. The van der Waals surface area contributed by atoms with Crippen LogP contribution in [-0.2, 0) is 11.3 Å². The molecule has 2 heterocycles. The number of anilines is 1. The fourth-order valence-electron chi connectivity index (χ4n) is 1.99. The molecule has 3 rings (SSSR count). The van der Waals surface area contributed by atoms with Gasteiger partial charge in [0.1, 0.15) is 6.33 Å². The number of fused-ring (bicyclic) bond motifs is 1. The van der Waals surface area contributed by atoms with Gasteiger partial charge < -0.3 is 5.32 Å². The summed E-state index contributed by atoms with van der Waals surface area (Å²) in [4.78, 5) is 16.5. The van der Waals surface area contributed by atoms with Crippen LogP contribution < -0.4 is 5.32 Å². The maximum atomic E-state index is 12.0. The highest BCUT2D eigenvalue weighted by atomic mass is 32.1. The van der Waals surface area contributed by atoms with Gasteiger partial charge in [-0.2, -0.15) is 0 Å². The Balaban J connectivity index is 1.66. The number of nitrogens with zero attached hydrogens (tertiary/aromatic N) is 5. The molecule has 0 aliphatic carbocycles. The molecule has 0 saturated heterocycles. The van der Waals surface area contributed by atoms with Crippen molar-refractivity contribution in [3.05, 3.63) is 29.5 Å². The molecule has 0 saturated carbocycles. The molecule has 0 radical (unpaired) electrons. The van der Waals surface area contributed by atoms with Crippen LogP contribution in [0.5, 0.6) is 0 Å². The van der Waals surface area contributed by atoms with Crippen LogP contribution in [0.2, 0.25) is 0 Å². The van der Waals surface area contributed by atoms with Gasteiger partial charge in [0.2, 0.25) is 5.91 Å². The minimum Gasteiger partial charge on any atom is -0.326 e. The average Bonchev–Trinajstić information content (AvgIpc) is 3.14. The van der Waals surface area contributed by atoms with Crippen LogP contribution in [0.4, 0.5) is 5.69 Å². The Bertz CT molecular complexity index is 780. The molecule has 1 N–H and O–H groups in total. The van der Waals surface area contributed by atoms with E-state index in [0.29, 0.717) is 18.9 Å². The van der Waals surface area contributed by atoms with Gasteiger partial charge in [0.25, 0.3) is 0 Å². The highest BCUT2D eigenvalue weighted by Gasteiger charge is 2.09. The van der Waals surface area contributed by atoms with E-state index in [0.717, 1.165) is 20.9 Å². The third-order valence-electron chi connectivity index (χ3n) is 3.14. The largest absolute Gasteiger partial charge is 0.326 e. The van der Waals surface area contributed by atoms with Crippen molar-refractivity contribution >= 4 is 33.1 Å². The summed E-state index contributed by atoms with van der Waals surface area (Å²) in [6.07, 6.45) is 1.81. The zero-order valence-corrected chi connectivity index (χ0v) is 13.2. The fourth-order valence-corrected chi connectivity index (χ4v) is 3.00. The SMILES string of the molecule is CC(C)c1nc2ccc(NC(=O)CCn3cnnn3)cc2s1. The molecule has 1 amide bonds. The van der Waals surface area contributed by atoms with Crippen LogP contribution in [0, 0.1) is 0 Å². The van der Waals surface area contributed by atoms with Crippen molar-refractivity contribution in [2.75, 3.05) is 5.32 Å². The topological polar surface area (TPSA) is 85.6 Å². The molecule has 22 heavy (non-hydrogen) atoms.